The van der Waals surface area contributed by atoms with Gasteiger partial charge in [-0.05, 0) is 24.1 Å². The number of carboxylic acid groups (broad SMARTS) is 2. The third-order valence-electron chi connectivity index (χ3n) is 2.14. The van der Waals surface area contributed by atoms with Crippen molar-refractivity contribution < 1.29 is 24.5 Å². The van der Waals surface area contributed by atoms with Gasteiger partial charge in [0, 0.05) is 6.42 Å². The maximum absolute atomic E-state index is 10.4. The van der Waals surface area contributed by atoms with Gasteiger partial charge in [0.15, 0.2) is 0 Å². The Labute approximate surface area is 98.6 Å². The summed E-state index contributed by atoms with van der Waals surface area (Å²) in [6.07, 6.45) is 0.532. The van der Waals surface area contributed by atoms with E-state index in [0.29, 0.717) is 12.2 Å². The van der Waals surface area contributed by atoms with Gasteiger partial charge in [0.25, 0.3) is 0 Å². The predicted molar refractivity (Wildman–Crippen MR) is 60.1 cm³/mol. The summed E-state index contributed by atoms with van der Waals surface area (Å²) >= 11 is 0. The summed E-state index contributed by atoms with van der Waals surface area (Å²) in [5, 5.41) is 16.9. The topological polar surface area (TPSA) is 83.8 Å². The maximum atomic E-state index is 10.4. The molecule has 1 aromatic rings. The summed E-state index contributed by atoms with van der Waals surface area (Å²) in [6.45, 7) is 0.129. The molecule has 0 heterocycles. The fraction of sp³-hybridized carbons (Fsp3) is 0.333. The number of hydrogen-bond donors (Lipinski definition) is 2. The van der Waals surface area contributed by atoms with Crippen LogP contribution in [0, 0.1) is 0 Å². The summed E-state index contributed by atoms with van der Waals surface area (Å²) in [4.78, 5) is 20.6. The quantitative estimate of drug-likeness (QED) is 0.753. The molecule has 0 radical (unpaired) electrons. The Morgan fingerprint density at radius 1 is 1.00 bits per heavy atom. The first-order chi connectivity index (χ1) is 8.08. The fourth-order valence-electron chi connectivity index (χ4n) is 1.26. The summed E-state index contributed by atoms with van der Waals surface area (Å²) < 4.78 is 5.20. The summed E-state index contributed by atoms with van der Waals surface area (Å²) in [7, 11) is 0. The molecule has 0 unspecified atom stereocenters. The number of carboxylic acids is 2. The van der Waals surface area contributed by atoms with E-state index in [1.54, 1.807) is 24.3 Å². The highest BCUT2D eigenvalue weighted by atomic mass is 16.5. The number of aryl methyl sites for hydroxylation is 1. The van der Waals surface area contributed by atoms with Gasteiger partial charge in [0.2, 0.25) is 0 Å². The molecule has 0 saturated heterocycles. The summed E-state index contributed by atoms with van der Waals surface area (Å²) in [6, 6.07) is 6.97. The second-order valence-corrected chi connectivity index (χ2v) is 3.53. The van der Waals surface area contributed by atoms with Crippen molar-refractivity contribution in [3.63, 3.8) is 0 Å². The van der Waals surface area contributed by atoms with Crippen LogP contribution >= 0.6 is 0 Å². The molecule has 2 N–H and O–H groups in total. The van der Waals surface area contributed by atoms with Crippen molar-refractivity contribution in [2.24, 2.45) is 0 Å². The largest absolute Gasteiger partial charge is 0.493 e. The number of benzene rings is 1. The minimum Gasteiger partial charge on any atom is -0.493 e. The van der Waals surface area contributed by atoms with Gasteiger partial charge in [-0.3, -0.25) is 9.59 Å². The van der Waals surface area contributed by atoms with Crippen LogP contribution in [0.5, 0.6) is 5.75 Å². The Hall–Kier alpha value is -2.04. The van der Waals surface area contributed by atoms with Gasteiger partial charge in [-0.1, -0.05) is 12.1 Å². The molecule has 0 bridgehead atoms. The minimum absolute atomic E-state index is 0.0409. The molecule has 5 heteroatoms. The molecule has 0 fully saturated rings. The number of carbonyl (C=O) groups is 2. The number of ether oxygens (including phenoxy) is 1. The van der Waals surface area contributed by atoms with Crippen LogP contribution in [0.2, 0.25) is 0 Å². The van der Waals surface area contributed by atoms with E-state index in [-0.39, 0.29) is 19.4 Å². The van der Waals surface area contributed by atoms with Crippen molar-refractivity contribution in [1.29, 1.82) is 0 Å². The molecule has 1 rings (SSSR count). The van der Waals surface area contributed by atoms with Crippen LogP contribution in [-0.4, -0.2) is 28.8 Å². The highest BCUT2D eigenvalue weighted by Crippen LogP contribution is 2.13. The molecule has 0 saturated carbocycles. The minimum atomic E-state index is -0.900. The second kappa shape index (κ2) is 6.52. The highest BCUT2D eigenvalue weighted by molar-refractivity contribution is 5.67. The summed E-state index contributed by atoms with van der Waals surface area (Å²) in [5.74, 6) is -1.14. The zero-order chi connectivity index (χ0) is 12.7. The van der Waals surface area contributed by atoms with Crippen molar-refractivity contribution >= 4 is 11.9 Å². The zero-order valence-electron chi connectivity index (χ0n) is 9.26. The first kappa shape index (κ1) is 13.0. The monoisotopic (exact) mass is 238 g/mol. The molecule has 92 valence electrons. The van der Waals surface area contributed by atoms with Crippen LogP contribution in [0.1, 0.15) is 18.4 Å². The van der Waals surface area contributed by atoms with E-state index in [9.17, 15) is 9.59 Å². The fourth-order valence-corrected chi connectivity index (χ4v) is 1.26. The molecule has 0 amide bonds. The van der Waals surface area contributed by atoms with E-state index < -0.39 is 11.9 Å². The van der Waals surface area contributed by atoms with Crippen molar-refractivity contribution in [2.45, 2.75) is 19.3 Å². The van der Waals surface area contributed by atoms with Crippen molar-refractivity contribution in [3.8, 4) is 5.75 Å². The smallest absolute Gasteiger partial charge is 0.306 e. The van der Waals surface area contributed by atoms with Crippen LogP contribution in [0.15, 0.2) is 24.3 Å². The Kier molecular flexibility index (Phi) is 5.00. The van der Waals surface area contributed by atoms with Gasteiger partial charge in [0.05, 0.1) is 13.0 Å². The Balaban J connectivity index is 2.39. The standard InChI is InChI=1S/C12H14O5/c13-11(14)6-3-9-1-4-10(5-2-9)17-8-7-12(15)16/h1-2,4-5H,3,6-8H2,(H,13,14)(H,15,16). The third kappa shape index (κ3) is 5.55. The first-order valence-electron chi connectivity index (χ1n) is 5.23. The number of hydrogen-bond acceptors (Lipinski definition) is 3. The molecular weight excluding hydrogens is 224 g/mol. The molecule has 1 aromatic carbocycles. The van der Waals surface area contributed by atoms with E-state index in [1.807, 2.05) is 0 Å². The van der Waals surface area contributed by atoms with Gasteiger partial charge in [0.1, 0.15) is 5.75 Å². The lowest BCUT2D eigenvalue weighted by Crippen LogP contribution is -2.04. The highest BCUT2D eigenvalue weighted by Gasteiger charge is 2.01. The molecule has 0 aliphatic heterocycles. The Bertz CT molecular complexity index is 382. The van der Waals surface area contributed by atoms with Gasteiger partial charge in [-0.15, -0.1) is 0 Å². The summed E-state index contributed by atoms with van der Waals surface area (Å²) in [5.41, 5.74) is 0.915. The Morgan fingerprint density at radius 3 is 2.12 bits per heavy atom. The van der Waals surface area contributed by atoms with Gasteiger partial charge in [-0.2, -0.15) is 0 Å². The van der Waals surface area contributed by atoms with Gasteiger partial charge in [-0.25, -0.2) is 0 Å². The predicted octanol–water partition coefficient (Wildman–Crippen LogP) is 1.56. The van der Waals surface area contributed by atoms with E-state index in [4.69, 9.17) is 14.9 Å². The van der Waals surface area contributed by atoms with E-state index in [2.05, 4.69) is 0 Å². The number of aliphatic carboxylic acids is 2. The Morgan fingerprint density at radius 2 is 1.59 bits per heavy atom. The molecule has 17 heavy (non-hydrogen) atoms. The molecular formula is C12H14O5. The van der Waals surface area contributed by atoms with Crippen molar-refractivity contribution in [1.82, 2.24) is 0 Å². The second-order valence-electron chi connectivity index (χ2n) is 3.53. The van der Waals surface area contributed by atoms with Crippen LogP contribution < -0.4 is 4.74 Å². The van der Waals surface area contributed by atoms with Crippen LogP contribution in [0.4, 0.5) is 0 Å². The average Bonchev–Trinajstić information content (AvgIpc) is 2.27. The first-order valence-corrected chi connectivity index (χ1v) is 5.23. The van der Waals surface area contributed by atoms with Crippen LogP contribution in [0.3, 0.4) is 0 Å². The van der Waals surface area contributed by atoms with Crippen molar-refractivity contribution in [2.75, 3.05) is 6.61 Å². The molecule has 0 spiro atoms. The average molecular weight is 238 g/mol. The molecule has 5 nitrogen and oxygen atoms in total. The lowest BCUT2D eigenvalue weighted by atomic mass is 10.1. The maximum Gasteiger partial charge on any atom is 0.306 e. The zero-order valence-corrected chi connectivity index (χ0v) is 9.26. The van der Waals surface area contributed by atoms with E-state index in [0.717, 1.165) is 5.56 Å². The number of rotatable bonds is 7. The lowest BCUT2D eigenvalue weighted by molar-refractivity contribution is -0.138. The molecule has 0 aromatic heterocycles. The van der Waals surface area contributed by atoms with Crippen molar-refractivity contribution in [3.05, 3.63) is 29.8 Å². The normalized spacial score (nSPS) is 9.88. The lowest BCUT2D eigenvalue weighted by Gasteiger charge is -2.05. The molecule has 0 atom stereocenters. The van der Waals surface area contributed by atoms with E-state index >= 15 is 0 Å². The molecule has 0 aliphatic rings. The van der Waals surface area contributed by atoms with E-state index in [1.165, 1.54) is 0 Å². The van der Waals surface area contributed by atoms with Crippen LogP contribution in [-0.2, 0) is 16.0 Å². The van der Waals surface area contributed by atoms with Crippen LogP contribution in [0.25, 0.3) is 0 Å². The van der Waals surface area contributed by atoms with Gasteiger partial charge < -0.3 is 14.9 Å². The third-order valence-corrected chi connectivity index (χ3v) is 2.14. The molecule has 0 aliphatic carbocycles. The van der Waals surface area contributed by atoms with Gasteiger partial charge >= 0.3 is 11.9 Å². The SMILES string of the molecule is O=C(O)CCOc1ccc(CCC(=O)O)cc1.